The average molecular weight is 389 g/mol. The molecule has 0 saturated carbocycles. The second-order valence-corrected chi connectivity index (χ2v) is 7.27. The van der Waals surface area contributed by atoms with Gasteiger partial charge in [0.1, 0.15) is 10.6 Å². The quantitative estimate of drug-likeness (QED) is 0.715. The lowest BCUT2D eigenvalue weighted by atomic mass is 10.2. The maximum absolute atomic E-state index is 12.7. The molecule has 3 rings (SSSR count). The summed E-state index contributed by atoms with van der Waals surface area (Å²) < 4.78 is 6.08. The SMILES string of the molecule is COc1ccc2c(Cl)c(C(=O)Nc3cccc(C(=O)N(C)C)c3)sc2c1. The average Bonchev–Trinajstić information content (AvgIpc) is 2.97. The number of fused-ring (bicyclic) bond motifs is 1. The van der Waals surface area contributed by atoms with Crippen molar-refractivity contribution in [1.29, 1.82) is 0 Å². The van der Waals surface area contributed by atoms with E-state index in [2.05, 4.69) is 5.32 Å². The monoisotopic (exact) mass is 388 g/mol. The second-order valence-electron chi connectivity index (χ2n) is 5.84. The minimum atomic E-state index is -0.315. The van der Waals surface area contributed by atoms with Crippen LogP contribution in [0.1, 0.15) is 20.0 Å². The first kappa shape index (κ1) is 18.2. The van der Waals surface area contributed by atoms with Crippen molar-refractivity contribution >= 4 is 50.5 Å². The Morgan fingerprint density at radius 1 is 1.15 bits per heavy atom. The first-order valence-corrected chi connectivity index (χ1v) is 8.99. The van der Waals surface area contributed by atoms with E-state index < -0.39 is 0 Å². The van der Waals surface area contributed by atoms with Gasteiger partial charge in [-0.3, -0.25) is 9.59 Å². The number of nitrogens with zero attached hydrogens (tertiary/aromatic N) is 1. The van der Waals surface area contributed by atoms with E-state index in [4.69, 9.17) is 16.3 Å². The van der Waals surface area contributed by atoms with Gasteiger partial charge in [-0.15, -0.1) is 11.3 Å². The van der Waals surface area contributed by atoms with E-state index in [1.807, 2.05) is 12.1 Å². The standard InChI is InChI=1S/C19H17ClN2O3S/c1-22(2)19(24)11-5-4-6-12(9-11)21-18(23)17-16(20)14-8-7-13(25-3)10-15(14)26-17/h4-10H,1-3H3,(H,21,23). The molecule has 0 aliphatic heterocycles. The Bertz CT molecular complexity index is 998. The van der Waals surface area contributed by atoms with Crippen LogP contribution in [0.15, 0.2) is 42.5 Å². The Hall–Kier alpha value is -2.57. The fourth-order valence-electron chi connectivity index (χ4n) is 2.49. The molecule has 0 atom stereocenters. The van der Waals surface area contributed by atoms with E-state index >= 15 is 0 Å². The molecule has 2 amide bonds. The highest BCUT2D eigenvalue weighted by Gasteiger charge is 2.18. The number of methoxy groups -OCH3 is 1. The van der Waals surface area contributed by atoms with Crippen LogP contribution in [0.3, 0.4) is 0 Å². The molecule has 1 N–H and O–H groups in total. The summed E-state index contributed by atoms with van der Waals surface area (Å²) in [7, 11) is 4.95. The second kappa shape index (κ2) is 7.35. The van der Waals surface area contributed by atoms with Gasteiger partial charge in [0, 0.05) is 35.4 Å². The summed E-state index contributed by atoms with van der Waals surface area (Å²) in [5.41, 5.74) is 1.04. The summed E-state index contributed by atoms with van der Waals surface area (Å²) in [5, 5.41) is 4.02. The molecule has 1 aromatic heterocycles. The molecule has 1 heterocycles. The minimum Gasteiger partial charge on any atom is -0.497 e. The number of nitrogens with one attached hydrogen (secondary N) is 1. The van der Waals surface area contributed by atoms with E-state index in [0.29, 0.717) is 26.9 Å². The highest BCUT2D eigenvalue weighted by atomic mass is 35.5. The zero-order valence-corrected chi connectivity index (χ0v) is 16.1. The van der Waals surface area contributed by atoms with Gasteiger partial charge < -0.3 is 15.0 Å². The molecule has 0 radical (unpaired) electrons. The summed E-state index contributed by atoms with van der Waals surface area (Å²) >= 11 is 7.68. The van der Waals surface area contributed by atoms with Crippen molar-refractivity contribution in [2.24, 2.45) is 0 Å². The Labute approximate surface area is 160 Å². The highest BCUT2D eigenvalue weighted by molar-refractivity contribution is 7.21. The van der Waals surface area contributed by atoms with Gasteiger partial charge in [-0.1, -0.05) is 17.7 Å². The Morgan fingerprint density at radius 3 is 2.62 bits per heavy atom. The summed E-state index contributed by atoms with van der Waals surface area (Å²) in [6.45, 7) is 0. The van der Waals surface area contributed by atoms with E-state index in [1.165, 1.54) is 16.2 Å². The molecule has 0 aliphatic carbocycles. The van der Waals surface area contributed by atoms with E-state index in [1.54, 1.807) is 51.5 Å². The lowest BCUT2D eigenvalue weighted by Crippen LogP contribution is -2.21. The van der Waals surface area contributed by atoms with Gasteiger partial charge in [-0.2, -0.15) is 0 Å². The van der Waals surface area contributed by atoms with Crippen LogP contribution in [-0.2, 0) is 0 Å². The molecule has 0 saturated heterocycles. The summed E-state index contributed by atoms with van der Waals surface area (Å²) in [6.07, 6.45) is 0. The summed E-state index contributed by atoms with van der Waals surface area (Å²) in [6, 6.07) is 12.3. The third-order valence-corrected chi connectivity index (χ3v) is 5.47. The number of ether oxygens (including phenoxy) is 1. The summed E-state index contributed by atoms with van der Waals surface area (Å²) in [5.74, 6) is 0.259. The van der Waals surface area contributed by atoms with E-state index in [9.17, 15) is 9.59 Å². The Balaban J connectivity index is 1.89. The highest BCUT2D eigenvalue weighted by Crippen LogP contribution is 2.37. The molecule has 3 aromatic rings. The third-order valence-electron chi connectivity index (χ3n) is 3.82. The number of amides is 2. The van der Waals surface area contributed by atoms with E-state index in [-0.39, 0.29) is 11.8 Å². The molecule has 134 valence electrons. The van der Waals surface area contributed by atoms with Gasteiger partial charge in [-0.05, 0) is 36.4 Å². The smallest absolute Gasteiger partial charge is 0.267 e. The largest absolute Gasteiger partial charge is 0.497 e. The van der Waals surface area contributed by atoms with Gasteiger partial charge in [0.25, 0.3) is 11.8 Å². The van der Waals surface area contributed by atoms with Gasteiger partial charge in [0.2, 0.25) is 0 Å². The van der Waals surface area contributed by atoms with Crippen LogP contribution in [-0.4, -0.2) is 37.9 Å². The van der Waals surface area contributed by atoms with Crippen LogP contribution in [0.5, 0.6) is 5.75 Å². The van der Waals surface area contributed by atoms with Crippen LogP contribution >= 0.6 is 22.9 Å². The molecule has 7 heteroatoms. The molecule has 2 aromatic carbocycles. The Kier molecular flexibility index (Phi) is 5.15. The maximum Gasteiger partial charge on any atom is 0.267 e. The van der Waals surface area contributed by atoms with Gasteiger partial charge >= 0.3 is 0 Å². The normalized spacial score (nSPS) is 10.6. The number of hydrogen-bond donors (Lipinski definition) is 1. The first-order valence-electron chi connectivity index (χ1n) is 7.80. The number of rotatable bonds is 4. The van der Waals surface area contributed by atoms with Crippen LogP contribution < -0.4 is 10.1 Å². The zero-order valence-electron chi connectivity index (χ0n) is 14.5. The van der Waals surface area contributed by atoms with E-state index in [0.717, 1.165) is 10.1 Å². The van der Waals surface area contributed by atoms with Gasteiger partial charge in [-0.25, -0.2) is 0 Å². The predicted molar refractivity (Wildman–Crippen MR) is 106 cm³/mol. The van der Waals surface area contributed by atoms with Crippen molar-refractivity contribution in [2.45, 2.75) is 0 Å². The number of anilines is 1. The van der Waals surface area contributed by atoms with Crippen molar-refractivity contribution < 1.29 is 14.3 Å². The first-order chi connectivity index (χ1) is 12.4. The maximum atomic E-state index is 12.7. The van der Waals surface area contributed by atoms with Crippen molar-refractivity contribution in [3.05, 3.63) is 57.9 Å². The molecule has 0 bridgehead atoms. The molecule has 26 heavy (non-hydrogen) atoms. The van der Waals surface area contributed by atoms with Crippen LogP contribution in [0.25, 0.3) is 10.1 Å². The van der Waals surface area contributed by atoms with Crippen molar-refractivity contribution in [1.82, 2.24) is 4.90 Å². The van der Waals surface area contributed by atoms with Crippen LogP contribution in [0.4, 0.5) is 5.69 Å². The summed E-state index contributed by atoms with van der Waals surface area (Å²) in [4.78, 5) is 26.6. The lowest BCUT2D eigenvalue weighted by molar-refractivity contribution is 0.0827. The molecular formula is C19H17ClN2O3S. The molecule has 0 spiro atoms. The van der Waals surface area contributed by atoms with Crippen molar-refractivity contribution in [3.63, 3.8) is 0 Å². The molecule has 5 nitrogen and oxygen atoms in total. The molecule has 0 aliphatic rings. The number of carbonyl (C=O) groups is 2. The van der Waals surface area contributed by atoms with Gasteiger partial charge in [0.05, 0.1) is 12.1 Å². The van der Waals surface area contributed by atoms with Crippen molar-refractivity contribution in [2.75, 3.05) is 26.5 Å². The lowest BCUT2D eigenvalue weighted by Gasteiger charge is -2.11. The fraction of sp³-hybridized carbons (Fsp3) is 0.158. The third kappa shape index (κ3) is 3.52. The Morgan fingerprint density at radius 2 is 1.92 bits per heavy atom. The van der Waals surface area contributed by atoms with Crippen LogP contribution in [0.2, 0.25) is 5.02 Å². The number of halogens is 1. The number of thiophene rings is 1. The predicted octanol–water partition coefficient (Wildman–Crippen LogP) is 4.52. The van der Waals surface area contributed by atoms with Crippen LogP contribution in [0, 0.1) is 0 Å². The molecule has 0 unspecified atom stereocenters. The van der Waals surface area contributed by atoms with Gasteiger partial charge in [0.15, 0.2) is 0 Å². The topological polar surface area (TPSA) is 58.6 Å². The fourth-order valence-corrected chi connectivity index (χ4v) is 3.94. The molecular weight excluding hydrogens is 372 g/mol. The van der Waals surface area contributed by atoms with Crippen molar-refractivity contribution in [3.8, 4) is 5.75 Å². The number of hydrogen-bond acceptors (Lipinski definition) is 4. The number of benzene rings is 2. The zero-order chi connectivity index (χ0) is 18.8. The molecule has 0 fully saturated rings. The number of carbonyl (C=O) groups excluding carboxylic acids is 2. The minimum absolute atomic E-state index is 0.131.